The van der Waals surface area contributed by atoms with E-state index < -0.39 is 0 Å². The lowest BCUT2D eigenvalue weighted by Gasteiger charge is -2.09. The van der Waals surface area contributed by atoms with Crippen molar-refractivity contribution in [2.24, 2.45) is 0 Å². The molecular formula is C12H6Cl4O. The van der Waals surface area contributed by atoms with E-state index in [-0.39, 0.29) is 10.8 Å². The highest BCUT2D eigenvalue weighted by molar-refractivity contribution is 6.39. The van der Waals surface area contributed by atoms with Gasteiger partial charge >= 0.3 is 0 Å². The van der Waals surface area contributed by atoms with Crippen LogP contribution in [0.25, 0.3) is 11.1 Å². The molecule has 2 aromatic rings. The summed E-state index contributed by atoms with van der Waals surface area (Å²) < 4.78 is 0. The molecule has 0 aliphatic rings. The highest BCUT2D eigenvalue weighted by Crippen LogP contribution is 2.39. The highest BCUT2D eigenvalue weighted by atomic mass is 35.5. The van der Waals surface area contributed by atoms with Gasteiger partial charge in [-0.1, -0.05) is 52.5 Å². The number of halogens is 4. The standard InChI is InChI=1S/C12H6Cl4O/c13-6-1-2-7(9(14)3-6)8-4-11(16)12(17)5-10(8)15/h1-5,17H. The molecule has 0 heterocycles. The Bertz CT molecular complexity index is 581. The third-order valence-electron chi connectivity index (χ3n) is 2.26. The minimum atomic E-state index is -0.0643. The van der Waals surface area contributed by atoms with Gasteiger partial charge < -0.3 is 5.11 Å². The summed E-state index contributed by atoms with van der Waals surface area (Å²) >= 11 is 23.8. The highest BCUT2D eigenvalue weighted by Gasteiger charge is 2.11. The van der Waals surface area contributed by atoms with E-state index in [0.29, 0.717) is 26.2 Å². The van der Waals surface area contributed by atoms with E-state index in [1.54, 1.807) is 24.3 Å². The molecule has 0 aromatic heterocycles. The molecule has 0 atom stereocenters. The van der Waals surface area contributed by atoms with Gasteiger partial charge in [0.15, 0.2) is 0 Å². The summed E-state index contributed by atoms with van der Waals surface area (Å²) in [6, 6.07) is 8.02. The van der Waals surface area contributed by atoms with E-state index >= 15 is 0 Å². The van der Waals surface area contributed by atoms with Gasteiger partial charge in [-0.2, -0.15) is 0 Å². The summed E-state index contributed by atoms with van der Waals surface area (Å²) in [6.07, 6.45) is 0. The fraction of sp³-hybridized carbons (Fsp3) is 0. The summed E-state index contributed by atoms with van der Waals surface area (Å²) in [7, 11) is 0. The zero-order chi connectivity index (χ0) is 12.6. The summed E-state index contributed by atoms with van der Waals surface area (Å²) in [5, 5.41) is 11.0. The average molecular weight is 308 g/mol. The van der Waals surface area contributed by atoms with Crippen LogP contribution >= 0.6 is 46.4 Å². The van der Waals surface area contributed by atoms with Crippen LogP contribution in [0.3, 0.4) is 0 Å². The van der Waals surface area contributed by atoms with E-state index in [9.17, 15) is 5.11 Å². The van der Waals surface area contributed by atoms with Crippen molar-refractivity contribution in [3.05, 3.63) is 50.4 Å². The van der Waals surface area contributed by atoms with Crippen LogP contribution in [0.2, 0.25) is 20.1 Å². The Morgan fingerprint density at radius 3 is 2.00 bits per heavy atom. The predicted molar refractivity (Wildman–Crippen MR) is 73.6 cm³/mol. The minimum absolute atomic E-state index is 0.0643. The SMILES string of the molecule is Oc1cc(Cl)c(-c2ccc(Cl)cc2Cl)cc1Cl. The van der Waals surface area contributed by atoms with E-state index in [1.165, 1.54) is 6.07 Å². The van der Waals surface area contributed by atoms with Gasteiger partial charge in [0.05, 0.1) is 10.0 Å². The van der Waals surface area contributed by atoms with E-state index in [4.69, 9.17) is 46.4 Å². The van der Waals surface area contributed by atoms with Gasteiger partial charge in [-0.25, -0.2) is 0 Å². The monoisotopic (exact) mass is 306 g/mol. The van der Waals surface area contributed by atoms with Crippen molar-refractivity contribution in [1.29, 1.82) is 0 Å². The third-order valence-corrected chi connectivity index (χ3v) is 3.42. The van der Waals surface area contributed by atoms with Crippen molar-refractivity contribution in [2.75, 3.05) is 0 Å². The Morgan fingerprint density at radius 2 is 1.35 bits per heavy atom. The average Bonchev–Trinajstić information content (AvgIpc) is 2.24. The Balaban J connectivity index is 2.64. The normalized spacial score (nSPS) is 10.6. The van der Waals surface area contributed by atoms with Gasteiger partial charge in [-0.05, 0) is 18.2 Å². The van der Waals surface area contributed by atoms with Gasteiger partial charge in [-0.15, -0.1) is 0 Å². The number of phenols is 1. The quantitative estimate of drug-likeness (QED) is 0.719. The zero-order valence-corrected chi connectivity index (χ0v) is 11.4. The number of aromatic hydroxyl groups is 1. The molecule has 88 valence electrons. The molecule has 0 amide bonds. The minimum Gasteiger partial charge on any atom is -0.506 e. The van der Waals surface area contributed by atoms with Crippen LogP contribution < -0.4 is 0 Å². The second kappa shape index (κ2) is 4.95. The third kappa shape index (κ3) is 2.63. The number of benzene rings is 2. The Kier molecular flexibility index (Phi) is 3.74. The molecule has 0 aliphatic carbocycles. The fourth-order valence-electron chi connectivity index (χ4n) is 1.45. The largest absolute Gasteiger partial charge is 0.506 e. The van der Waals surface area contributed by atoms with Crippen LogP contribution in [0.1, 0.15) is 0 Å². The summed E-state index contributed by atoms with van der Waals surface area (Å²) in [5.41, 5.74) is 1.36. The smallest absolute Gasteiger partial charge is 0.135 e. The van der Waals surface area contributed by atoms with Crippen LogP contribution in [-0.2, 0) is 0 Å². The first-order valence-corrected chi connectivity index (χ1v) is 6.13. The van der Waals surface area contributed by atoms with Gasteiger partial charge in [0, 0.05) is 27.2 Å². The van der Waals surface area contributed by atoms with Gasteiger partial charge in [0.2, 0.25) is 0 Å². The Morgan fingerprint density at radius 1 is 0.706 bits per heavy atom. The maximum absolute atomic E-state index is 9.41. The maximum atomic E-state index is 9.41. The molecule has 0 unspecified atom stereocenters. The lowest BCUT2D eigenvalue weighted by molar-refractivity contribution is 0.475. The van der Waals surface area contributed by atoms with E-state index in [0.717, 1.165) is 0 Å². The first-order valence-electron chi connectivity index (χ1n) is 4.62. The van der Waals surface area contributed by atoms with Crippen molar-refractivity contribution >= 4 is 46.4 Å². The molecule has 0 saturated heterocycles. The second-order valence-corrected chi connectivity index (χ2v) is 5.07. The molecule has 0 saturated carbocycles. The number of rotatable bonds is 1. The summed E-state index contributed by atoms with van der Waals surface area (Å²) in [6.45, 7) is 0. The number of phenolic OH excluding ortho intramolecular Hbond substituents is 1. The van der Waals surface area contributed by atoms with Crippen molar-refractivity contribution in [1.82, 2.24) is 0 Å². The molecule has 1 nitrogen and oxygen atoms in total. The van der Waals surface area contributed by atoms with Crippen molar-refractivity contribution in [3.63, 3.8) is 0 Å². The van der Waals surface area contributed by atoms with Crippen LogP contribution in [0.15, 0.2) is 30.3 Å². The first-order chi connectivity index (χ1) is 7.99. The molecule has 17 heavy (non-hydrogen) atoms. The summed E-state index contributed by atoms with van der Waals surface area (Å²) in [4.78, 5) is 0. The molecule has 0 bridgehead atoms. The molecule has 5 heteroatoms. The molecule has 2 aromatic carbocycles. The molecule has 1 N–H and O–H groups in total. The molecule has 0 aliphatic heterocycles. The van der Waals surface area contributed by atoms with Crippen molar-refractivity contribution < 1.29 is 5.11 Å². The predicted octanol–water partition coefficient (Wildman–Crippen LogP) is 5.67. The van der Waals surface area contributed by atoms with Gasteiger partial charge in [-0.3, -0.25) is 0 Å². The second-order valence-electron chi connectivity index (χ2n) is 3.41. The van der Waals surface area contributed by atoms with E-state index in [1.807, 2.05) is 0 Å². The molecular weight excluding hydrogens is 302 g/mol. The van der Waals surface area contributed by atoms with Crippen LogP contribution in [0.5, 0.6) is 5.75 Å². The Hall–Kier alpha value is -0.600. The van der Waals surface area contributed by atoms with Crippen LogP contribution in [0, 0.1) is 0 Å². The number of hydrogen-bond donors (Lipinski definition) is 1. The van der Waals surface area contributed by atoms with Gasteiger partial charge in [0.25, 0.3) is 0 Å². The molecule has 0 spiro atoms. The lowest BCUT2D eigenvalue weighted by atomic mass is 10.1. The Labute approximate surface area is 118 Å². The van der Waals surface area contributed by atoms with Crippen molar-refractivity contribution in [3.8, 4) is 16.9 Å². The molecule has 0 radical (unpaired) electrons. The maximum Gasteiger partial charge on any atom is 0.135 e. The molecule has 2 rings (SSSR count). The topological polar surface area (TPSA) is 20.2 Å². The molecule has 0 fully saturated rings. The summed E-state index contributed by atoms with van der Waals surface area (Å²) in [5.74, 6) is -0.0643. The van der Waals surface area contributed by atoms with Crippen LogP contribution in [-0.4, -0.2) is 5.11 Å². The number of hydrogen-bond acceptors (Lipinski definition) is 1. The van der Waals surface area contributed by atoms with Gasteiger partial charge in [0.1, 0.15) is 5.75 Å². The first kappa shape index (κ1) is 12.8. The van der Waals surface area contributed by atoms with Crippen molar-refractivity contribution in [2.45, 2.75) is 0 Å². The lowest BCUT2D eigenvalue weighted by Crippen LogP contribution is -1.82. The fourth-order valence-corrected chi connectivity index (χ4v) is 2.38. The zero-order valence-electron chi connectivity index (χ0n) is 8.35. The van der Waals surface area contributed by atoms with E-state index in [2.05, 4.69) is 0 Å². The van der Waals surface area contributed by atoms with Crippen LogP contribution in [0.4, 0.5) is 0 Å².